The van der Waals surface area contributed by atoms with Crippen LogP contribution in [-0.2, 0) is 20.9 Å². The summed E-state index contributed by atoms with van der Waals surface area (Å²) in [6.45, 7) is 0.580. The van der Waals surface area contributed by atoms with Crippen molar-refractivity contribution in [3.8, 4) is 0 Å². The van der Waals surface area contributed by atoms with Crippen LogP contribution in [0.25, 0.3) is 6.08 Å². The lowest BCUT2D eigenvalue weighted by molar-refractivity contribution is -0.134. The van der Waals surface area contributed by atoms with Gasteiger partial charge in [0.05, 0.1) is 31.7 Å². The molecule has 0 saturated heterocycles. The number of carbonyl (C=O) groups excluding carboxylic acids is 2. The van der Waals surface area contributed by atoms with E-state index >= 15 is 0 Å². The Bertz CT molecular complexity index is 776. The normalized spacial score (nSPS) is 10.6. The van der Waals surface area contributed by atoms with Gasteiger partial charge in [0.2, 0.25) is 5.91 Å². The van der Waals surface area contributed by atoms with Gasteiger partial charge in [-0.2, -0.15) is 0 Å². The SMILES string of the molecule is COC(=O)/C=C/c1cnc(NCC(=O)N(C)Cc2ccc(Cl)cc2)cn1. The summed E-state index contributed by atoms with van der Waals surface area (Å²) in [6, 6.07) is 7.34. The molecule has 1 amide bonds. The molecule has 0 aliphatic rings. The van der Waals surface area contributed by atoms with E-state index in [0.29, 0.717) is 23.1 Å². The molecule has 0 spiro atoms. The molecule has 26 heavy (non-hydrogen) atoms. The first-order chi connectivity index (χ1) is 12.5. The van der Waals surface area contributed by atoms with Gasteiger partial charge in [-0.3, -0.25) is 9.78 Å². The van der Waals surface area contributed by atoms with Crippen LogP contribution in [0.2, 0.25) is 5.02 Å². The lowest BCUT2D eigenvalue weighted by atomic mass is 10.2. The minimum absolute atomic E-state index is 0.0867. The number of carbonyl (C=O) groups is 2. The average molecular weight is 375 g/mol. The standard InChI is InChI=1S/C18H19ClN4O3/c1-23(12-13-3-5-14(19)6-4-13)17(24)11-22-16-10-20-15(9-21-16)7-8-18(25)26-2/h3-10H,11-12H2,1-2H3,(H,21,22)/b8-7+. The number of nitrogens with zero attached hydrogens (tertiary/aromatic N) is 3. The third-order valence-corrected chi connectivity index (χ3v) is 3.69. The summed E-state index contributed by atoms with van der Waals surface area (Å²) in [5.41, 5.74) is 1.50. The van der Waals surface area contributed by atoms with Gasteiger partial charge >= 0.3 is 5.97 Å². The molecule has 1 heterocycles. The molecule has 0 bridgehead atoms. The van der Waals surface area contributed by atoms with Crippen LogP contribution in [0.3, 0.4) is 0 Å². The van der Waals surface area contributed by atoms with Gasteiger partial charge in [0.15, 0.2) is 0 Å². The zero-order chi connectivity index (χ0) is 18.9. The zero-order valence-corrected chi connectivity index (χ0v) is 15.2. The lowest BCUT2D eigenvalue weighted by Crippen LogP contribution is -2.31. The molecule has 0 saturated carbocycles. The molecule has 136 valence electrons. The summed E-state index contributed by atoms with van der Waals surface area (Å²) in [5.74, 6) is -0.0896. The molecule has 0 aliphatic carbocycles. The van der Waals surface area contributed by atoms with Gasteiger partial charge in [0, 0.05) is 24.7 Å². The van der Waals surface area contributed by atoms with Crippen molar-refractivity contribution in [2.75, 3.05) is 26.0 Å². The highest BCUT2D eigenvalue weighted by atomic mass is 35.5. The van der Waals surface area contributed by atoms with Crippen LogP contribution in [-0.4, -0.2) is 47.4 Å². The number of methoxy groups -OCH3 is 1. The summed E-state index contributed by atoms with van der Waals surface area (Å²) in [4.78, 5) is 33.1. The van der Waals surface area contributed by atoms with Gasteiger partial charge in [-0.05, 0) is 23.8 Å². The molecule has 1 N–H and O–H groups in total. The highest BCUT2D eigenvalue weighted by molar-refractivity contribution is 6.30. The molecule has 7 nitrogen and oxygen atoms in total. The zero-order valence-electron chi connectivity index (χ0n) is 14.5. The van der Waals surface area contributed by atoms with Gasteiger partial charge in [0.25, 0.3) is 0 Å². The second-order valence-corrected chi connectivity index (χ2v) is 5.85. The quantitative estimate of drug-likeness (QED) is 0.591. The van der Waals surface area contributed by atoms with Crippen LogP contribution in [0.4, 0.5) is 5.82 Å². The number of rotatable bonds is 7. The first-order valence-electron chi connectivity index (χ1n) is 7.78. The van der Waals surface area contributed by atoms with Crippen LogP contribution in [0, 0.1) is 0 Å². The summed E-state index contributed by atoms with van der Waals surface area (Å²) in [5, 5.41) is 3.58. The van der Waals surface area contributed by atoms with Crippen molar-refractivity contribution in [3.05, 3.63) is 59.0 Å². The summed E-state index contributed by atoms with van der Waals surface area (Å²) < 4.78 is 4.50. The summed E-state index contributed by atoms with van der Waals surface area (Å²) >= 11 is 5.85. The van der Waals surface area contributed by atoms with Crippen molar-refractivity contribution in [3.63, 3.8) is 0 Å². The summed E-state index contributed by atoms with van der Waals surface area (Å²) in [7, 11) is 3.03. The number of esters is 1. The minimum Gasteiger partial charge on any atom is -0.466 e. The van der Waals surface area contributed by atoms with Gasteiger partial charge in [0.1, 0.15) is 5.82 Å². The molecule has 2 rings (SSSR count). The minimum atomic E-state index is -0.469. The van der Waals surface area contributed by atoms with E-state index in [4.69, 9.17) is 11.6 Å². The van der Waals surface area contributed by atoms with Gasteiger partial charge in [-0.1, -0.05) is 23.7 Å². The third-order valence-electron chi connectivity index (χ3n) is 3.44. The molecule has 0 aliphatic heterocycles. The topological polar surface area (TPSA) is 84.4 Å². The molecule has 0 fully saturated rings. The number of likely N-dealkylation sites (N-methyl/N-ethyl adjacent to an activating group) is 1. The van der Waals surface area contributed by atoms with Crippen molar-refractivity contribution >= 4 is 35.4 Å². The van der Waals surface area contributed by atoms with E-state index < -0.39 is 5.97 Å². The van der Waals surface area contributed by atoms with Gasteiger partial charge in [-0.15, -0.1) is 0 Å². The maximum atomic E-state index is 12.2. The first kappa shape index (κ1) is 19.4. The second kappa shape index (κ2) is 9.53. The molecular weight excluding hydrogens is 356 g/mol. The number of aromatic nitrogens is 2. The fraction of sp³-hybridized carbons (Fsp3) is 0.222. The van der Waals surface area contributed by atoms with Crippen molar-refractivity contribution in [1.29, 1.82) is 0 Å². The van der Waals surface area contributed by atoms with Crippen LogP contribution < -0.4 is 5.32 Å². The van der Waals surface area contributed by atoms with Crippen LogP contribution in [0.5, 0.6) is 0 Å². The predicted molar refractivity (Wildman–Crippen MR) is 99.5 cm³/mol. The molecule has 2 aromatic rings. The largest absolute Gasteiger partial charge is 0.466 e. The van der Waals surface area contributed by atoms with Gasteiger partial charge in [-0.25, -0.2) is 9.78 Å². The Balaban J connectivity index is 1.83. The Morgan fingerprint density at radius 1 is 1.23 bits per heavy atom. The first-order valence-corrected chi connectivity index (χ1v) is 8.16. The molecule has 1 aromatic heterocycles. The fourth-order valence-corrected chi connectivity index (χ4v) is 2.12. The number of anilines is 1. The highest BCUT2D eigenvalue weighted by Gasteiger charge is 2.09. The Morgan fingerprint density at radius 3 is 2.58 bits per heavy atom. The number of hydrogen-bond acceptors (Lipinski definition) is 6. The predicted octanol–water partition coefficient (Wildman–Crippen LogP) is 2.39. The Morgan fingerprint density at radius 2 is 1.96 bits per heavy atom. The Hall–Kier alpha value is -2.93. The fourth-order valence-electron chi connectivity index (χ4n) is 1.99. The number of hydrogen-bond donors (Lipinski definition) is 1. The number of ether oxygens (including phenoxy) is 1. The molecule has 8 heteroatoms. The summed E-state index contributed by atoms with van der Waals surface area (Å²) in [6.07, 6.45) is 5.73. The number of amides is 1. The molecule has 1 aromatic carbocycles. The van der Waals surface area contributed by atoms with Gasteiger partial charge < -0.3 is 15.0 Å². The van der Waals surface area contributed by atoms with Crippen LogP contribution >= 0.6 is 11.6 Å². The average Bonchev–Trinajstić information content (AvgIpc) is 2.66. The molecule has 0 radical (unpaired) electrons. The number of benzene rings is 1. The van der Waals surface area contributed by atoms with Crippen molar-refractivity contribution in [2.45, 2.75) is 6.54 Å². The van der Waals surface area contributed by atoms with E-state index in [0.717, 1.165) is 5.56 Å². The van der Waals surface area contributed by atoms with E-state index in [1.54, 1.807) is 24.1 Å². The van der Waals surface area contributed by atoms with Crippen molar-refractivity contribution < 1.29 is 14.3 Å². The maximum absolute atomic E-state index is 12.2. The number of nitrogens with one attached hydrogen (secondary N) is 1. The lowest BCUT2D eigenvalue weighted by Gasteiger charge is -2.17. The van der Waals surface area contributed by atoms with Crippen LogP contribution in [0.15, 0.2) is 42.7 Å². The van der Waals surface area contributed by atoms with Crippen molar-refractivity contribution in [1.82, 2.24) is 14.9 Å². The monoisotopic (exact) mass is 374 g/mol. The Kier molecular flexibility index (Phi) is 7.11. The van der Waals surface area contributed by atoms with Crippen molar-refractivity contribution in [2.24, 2.45) is 0 Å². The maximum Gasteiger partial charge on any atom is 0.330 e. The van der Waals surface area contributed by atoms with Crippen LogP contribution in [0.1, 0.15) is 11.3 Å². The van der Waals surface area contributed by atoms with E-state index in [-0.39, 0.29) is 12.5 Å². The second-order valence-electron chi connectivity index (χ2n) is 5.41. The van der Waals surface area contributed by atoms with E-state index in [2.05, 4.69) is 20.0 Å². The van der Waals surface area contributed by atoms with E-state index in [1.165, 1.54) is 31.7 Å². The molecule has 0 atom stereocenters. The third kappa shape index (κ3) is 6.18. The molecule has 0 unspecified atom stereocenters. The molecular formula is C18H19ClN4O3. The Labute approximate surface area is 156 Å². The number of halogens is 1. The van der Waals surface area contributed by atoms with E-state index in [9.17, 15) is 9.59 Å². The highest BCUT2D eigenvalue weighted by Crippen LogP contribution is 2.11. The van der Waals surface area contributed by atoms with E-state index in [1.807, 2.05) is 12.1 Å². The smallest absolute Gasteiger partial charge is 0.330 e.